The first kappa shape index (κ1) is 20.9. The van der Waals surface area contributed by atoms with Crippen LogP contribution in [0.5, 0.6) is 5.75 Å². The summed E-state index contributed by atoms with van der Waals surface area (Å²) in [5.41, 5.74) is 2.03. The number of halogens is 3. The van der Waals surface area contributed by atoms with Crippen molar-refractivity contribution in [3.8, 4) is 16.3 Å². The van der Waals surface area contributed by atoms with E-state index in [9.17, 15) is 18.0 Å². The number of alkyl halides is 3. The van der Waals surface area contributed by atoms with E-state index < -0.39 is 17.7 Å². The molecule has 0 bridgehead atoms. The molecule has 0 aliphatic rings. The van der Waals surface area contributed by atoms with Crippen LogP contribution in [0.4, 0.5) is 13.2 Å². The van der Waals surface area contributed by atoms with Crippen molar-refractivity contribution in [3.05, 3.63) is 70.4 Å². The minimum absolute atomic E-state index is 0.0894. The second kappa shape index (κ2) is 8.07. The first-order valence-electron chi connectivity index (χ1n) is 9.30. The van der Waals surface area contributed by atoms with Crippen LogP contribution in [-0.4, -0.2) is 21.0 Å². The fourth-order valence-electron chi connectivity index (χ4n) is 3.24. The summed E-state index contributed by atoms with van der Waals surface area (Å²) in [5.74, 6) is -0.332. The van der Waals surface area contributed by atoms with E-state index >= 15 is 0 Å². The van der Waals surface area contributed by atoms with Gasteiger partial charge in [0, 0.05) is 17.1 Å². The third kappa shape index (κ3) is 4.41. The average molecular weight is 446 g/mol. The number of carbonyl (C=O) groups is 1. The summed E-state index contributed by atoms with van der Waals surface area (Å²) in [6.07, 6.45) is -2.81. The number of hydrogen-bond donors (Lipinski definition) is 2. The first-order valence-corrected chi connectivity index (χ1v) is 10.1. The van der Waals surface area contributed by atoms with Gasteiger partial charge in [-0.25, -0.2) is 4.98 Å². The smallest absolute Gasteiger partial charge is 0.416 e. The summed E-state index contributed by atoms with van der Waals surface area (Å²) in [4.78, 5) is 19.4. The number of thiazole rings is 1. The first-order chi connectivity index (χ1) is 14.7. The zero-order chi connectivity index (χ0) is 22.2. The molecule has 0 saturated carbocycles. The Hall–Kier alpha value is -3.33. The fourth-order valence-corrected chi connectivity index (χ4v) is 4.23. The maximum absolute atomic E-state index is 12.8. The maximum Gasteiger partial charge on any atom is 0.416 e. The number of aromatic amines is 1. The highest BCUT2D eigenvalue weighted by Gasteiger charge is 2.30. The summed E-state index contributed by atoms with van der Waals surface area (Å²) in [7, 11) is 0. The number of ether oxygens (including phenoxy) is 1. The zero-order valence-corrected chi connectivity index (χ0v) is 17.1. The normalized spacial score (nSPS) is 11.7. The quantitative estimate of drug-likeness (QED) is 0.391. The third-order valence-corrected chi connectivity index (χ3v) is 6.00. The third-order valence-electron chi connectivity index (χ3n) is 4.82. The molecule has 2 aromatic carbocycles. The molecule has 9 heteroatoms. The maximum atomic E-state index is 12.8. The highest BCUT2D eigenvalue weighted by atomic mass is 32.1. The molecule has 4 aromatic rings. The van der Waals surface area contributed by atoms with Gasteiger partial charge in [0.05, 0.1) is 28.1 Å². The number of nitrogens with zero attached hydrogens (tertiary/aromatic N) is 1. The van der Waals surface area contributed by atoms with Crippen molar-refractivity contribution in [3.63, 3.8) is 0 Å². The van der Waals surface area contributed by atoms with Crippen LogP contribution in [0.1, 0.15) is 21.7 Å². The Kier molecular flexibility index (Phi) is 5.45. The van der Waals surface area contributed by atoms with Crippen molar-refractivity contribution in [1.29, 1.82) is 0 Å². The molecule has 4 rings (SSSR count). The van der Waals surface area contributed by atoms with Crippen LogP contribution in [0.3, 0.4) is 0 Å². The second-order valence-corrected chi connectivity index (χ2v) is 8.04. The molecule has 31 heavy (non-hydrogen) atoms. The number of carboxylic acid groups (broad SMARTS) is 1. The van der Waals surface area contributed by atoms with Gasteiger partial charge in [0.25, 0.3) is 0 Å². The minimum atomic E-state index is -4.38. The Morgan fingerprint density at radius 2 is 1.94 bits per heavy atom. The summed E-state index contributed by atoms with van der Waals surface area (Å²) in [5, 5.41) is 10.4. The monoisotopic (exact) mass is 446 g/mol. The minimum Gasteiger partial charge on any atom is -0.486 e. The van der Waals surface area contributed by atoms with E-state index in [1.807, 2.05) is 13.0 Å². The van der Waals surface area contributed by atoms with Gasteiger partial charge in [0.1, 0.15) is 17.4 Å². The fraction of sp³-hybridized carbons (Fsp3) is 0.182. The number of aryl methyl sites for hydroxylation is 1. The predicted molar refractivity (Wildman–Crippen MR) is 111 cm³/mol. The number of nitrogens with one attached hydrogen (secondary N) is 1. The molecule has 0 aliphatic carbocycles. The summed E-state index contributed by atoms with van der Waals surface area (Å²) in [6, 6.07) is 10.3. The van der Waals surface area contributed by atoms with Crippen LogP contribution in [-0.2, 0) is 24.0 Å². The van der Waals surface area contributed by atoms with E-state index in [1.54, 1.807) is 18.3 Å². The number of benzene rings is 2. The Morgan fingerprint density at radius 3 is 2.61 bits per heavy atom. The van der Waals surface area contributed by atoms with E-state index in [1.165, 1.54) is 23.5 Å². The lowest BCUT2D eigenvalue weighted by Gasteiger charge is -2.07. The van der Waals surface area contributed by atoms with E-state index in [0.717, 1.165) is 28.1 Å². The van der Waals surface area contributed by atoms with Crippen molar-refractivity contribution in [2.24, 2.45) is 0 Å². The van der Waals surface area contributed by atoms with Crippen LogP contribution in [0.2, 0.25) is 0 Å². The Morgan fingerprint density at radius 1 is 1.19 bits per heavy atom. The zero-order valence-electron chi connectivity index (χ0n) is 16.3. The van der Waals surface area contributed by atoms with Crippen molar-refractivity contribution < 1.29 is 27.8 Å². The molecule has 0 amide bonds. The molecular formula is C22H17F3N2O3S. The molecule has 5 nitrogen and oxygen atoms in total. The van der Waals surface area contributed by atoms with Crippen molar-refractivity contribution in [1.82, 2.24) is 9.97 Å². The molecule has 0 spiro atoms. The molecule has 2 aromatic heterocycles. The van der Waals surface area contributed by atoms with Gasteiger partial charge in [-0.1, -0.05) is 24.3 Å². The molecule has 2 heterocycles. The average Bonchev–Trinajstić information content (AvgIpc) is 3.29. The number of para-hydroxylation sites is 1. The van der Waals surface area contributed by atoms with Crippen molar-refractivity contribution in [2.75, 3.05) is 0 Å². The van der Waals surface area contributed by atoms with Gasteiger partial charge in [-0.3, -0.25) is 4.79 Å². The van der Waals surface area contributed by atoms with Gasteiger partial charge in [-0.05, 0) is 30.7 Å². The molecule has 0 radical (unpaired) electrons. The number of rotatable bonds is 6. The van der Waals surface area contributed by atoms with Crippen LogP contribution in [0.25, 0.3) is 21.5 Å². The van der Waals surface area contributed by atoms with Crippen LogP contribution >= 0.6 is 11.3 Å². The summed E-state index contributed by atoms with van der Waals surface area (Å²) < 4.78 is 44.3. The van der Waals surface area contributed by atoms with Gasteiger partial charge in [0.15, 0.2) is 0 Å². The van der Waals surface area contributed by atoms with Gasteiger partial charge in [-0.15, -0.1) is 11.3 Å². The Balaban J connectivity index is 1.53. The van der Waals surface area contributed by atoms with E-state index in [0.29, 0.717) is 27.4 Å². The number of aliphatic carboxylic acids is 1. The summed E-state index contributed by atoms with van der Waals surface area (Å²) in [6.45, 7) is 2.06. The van der Waals surface area contributed by atoms with E-state index in [-0.39, 0.29) is 13.0 Å². The second-order valence-electron chi connectivity index (χ2n) is 6.95. The molecule has 0 saturated heterocycles. The van der Waals surface area contributed by atoms with Gasteiger partial charge in [0.2, 0.25) is 0 Å². The molecule has 0 unspecified atom stereocenters. The van der Waals surface area contributed by atoms with Crippen molar-refractivity contribution >= 4 is 28.2 Å². The van der Waals surface area contributed by atoms with Gasteiger partial charge in [-0.2, -0.15) is 13.2 Å². The largest absolute Gasteiger partial charge is 0.486 e. The van der Waals surface area contributed by atoms with Crippen molar-refractivity contribution in [2.45, 2.75) is 26.1 Å². The highest BCUT2D eigenvalue weighted by molar-refractivity contribution is 7.15. The summed E-state index contributed by atoms with van der Waals surface area (Å²) >= 11 is 1.36. The Labute approximate surface area is 179 Å². The lowest BCUT2D eigenvalue weighted by atomic mass is 10.1. The molecule has 2 N–H and O–H groups in total. The number of hydrogen-bond acceptors (Lipinski definition) is 4. The number of fused-ring (bicyclic) bond motifs is 1. The number of aromatic nitrogens is 2. The Bertz CT molecular complexity index is 1240. The van der Waals surface area contributed by atoms with Crippen LogP contribution in [0.15, 0.2) is 48.7 Å². The van der Waals surface area contributed by atoms with Crippen LogP contribution in [0, 0.1) is 6.92 Å². The standard InChI is InChI=1S/C22H17F3N2O3S/c1-12-18(31-21(27-12)13-5-7-15(8-6-13)22(23,24)25)11-30-17-4-2-3-16-14(9-19(28)29)10-26-20(16)17/h2-8,10,26H,9,11H2,1H3,(H,28,29). The topological polar surface area (TPSA) is 75.2 Å². The molecule has 0 aliphatic heterocycles. The van der Waals surface area contributed by atoms with E-state index in [2.05, 4.69) is 9.97 Å². The molecule has 160 valence electrons. The van der Waals surface area contributed by atoms with Gasteiger partial charge < -0.3 is 14.8 Å². The molecule has 0 atom stereocenters. The lowest BCUT2D eigenvalue weighted by Crippen LogP contribution is -2.03. The highest BCUT2D eigenvalue weighted by Crippen LogP contribution is 2.34. The lowest BCUT2D eigenvalue weighted by molar-refractivity contribution is -0.138. The van der Waals surface area contributed by atoms with Crippen LogP contribution < -0.4 is 4.74 Å². The van der Waals surface area contributed by atoms with Gasteiger partial charge >= 0.3 is 12.1 Å². The number of carboxylic acids is 1. The number of H-pyrrole nitrogens is 1. The predicted octanol–water partition coefficient (Wildman–Crippen LogP) is 5.82. The molecule has 0 fully saturated rings. The van der Waals surface area contributed by atoms with E-state index in [4.69, 9.17) is 9.84 Å². The molecular weight excluding hydrogens is 429 g/mol. The SMILES string of the molecule is Cc1nc(-c2ccc(C(F)(F)F)cc2)sc1COc1cccc2c(CC(=O)O)c[nH]c12.